The number of aryl methyl sites for hydroxylation is 2. The number of aromatic nitrogens is 2. The Hall–Kier alpha value is -1.52. The van der Waals surface area contributed by atoms with Crippen molar-refractivity contribution in [1.29, 1.82) is 0 Å². The number of hydrogen-bond acceptors (Lipinski definition) is 3. The smallest absolute Gasteiger partial charge is 0.144 e. The van der Waals surface area contributed by atoms with Crippen molar-refractivity contribution < 1.29 is 0 Å². The molecule has 0 radical (unpaired) electrons. The largest absolute Gasteiger partial charge is 0.390 e. The van der Waals surface area contributed by atoms with Gasteiger partial charge in [-0.3, -0.25) is 0 Å². The van der Waals surface area contributed by atoms with Crippen LogP contribution in [0.1, 0.15) is 25.1 Å². The molecule has 0 aliphatic heterocycles. The standard InChI is InChI=1S/C16H18ClN3S/c1-3-7-20-14-8-10(17)5-6-13(14)19-16(20)12-9-11(4-2)21-15(12)18/h5-6,8-9H,3-4,7,18H2,1-2H3. The van der Waals surface area contributed by atoms with Crippen molar-refractivity contribution in [2.24, 2.45) is 0 Å². The Labute approximate surface area is 133 Å². The number of imidazole rings is 1. The predicted octanol–water partition coefficient (Wildman–Crippen LogP) is 4.97. The molecule has 3 rings (SSSR count). The van der Waals surface area contributed by atoms with Crippen LogP contribution < -0.4 is 5.73 Å². The van der Waals surface area contributed by atoms with Gasteiger partial charge in [-0.05, 0) is 37.1 Å². The molecule has 0 spiro atoms. The average Bonchev–Trinajstić information content (AvgIpc) is 3.00. The van der Waals surface area contributed by atoms with E-state index in [0.29, 0.717) is 0 Å². The summed E-state index contributed by atoms with van der Waals surface area (Å²) < 4.78 is 2.22. The van der Waals surface area contributed by atoms with Crippen molar-refractivity contribution in [1.82, 2.24) is 9.55 Å². The van der Waals surface area contributed by atoms with Crippen molar-refractivity contribution in [2.45, 2.75) is 33.2 Å². The molecule has 2 aromatic heterocycles. The SMILES string of the molecule is CCCn1c(-c2cc(CC)sc2N)nc2ccc(Cl)cc21. The molecular weight excluding hydrogens is 302 g/mol. The Balaban J connectivity index is 2.25. The van der Waals surface area contributed by atoms with Crippen molar-refractivity contribution >= 4 is 39.0 Å². The van der Waals surface area contributed by atoms with E-state index in [1.165, 1.54) is 4.88 Å². The lowest BCUT2D eigenvalue weighted by atomic mass is 10.2. The van der Waals surface area contributed by atoms with E-state index < -0.39 is 0 Å². The van der Waals surface area contributed by atoms with Gasteiger partial charge in [-0.25, -0.2) is 4.98 Å². The van der Waals surface area contributed by atoms with Crippen LogP contribution in [0.3, 0.4) is 0 Å². The van der Waals surface area contributed by atoms with E-state index in [-0.39, 0.29) is 0 Å². The van der Waals surface area contributed by atoms with Gasteiger partial charge < -0.3 is 10.3 Å². The minimum atomic E-state index is 0.735. The van der Waals surface area contributed by atoms with E-state index in [0.717, 1.165) is 51.8 Å². The first-order valence-corrected chi connectivity index (χ1v) is 8.37. The maximum Gasteiger partial charge on any atom is 0.144 e. The number of nitrogen functional groups attached to an aromatic ring is 1. The first kappa shape index (κ1) is 14.4. The molecule has 3 nitrogen and oxygen atoms in total. The topological polar surface area (TPSA) is 43.8 Å². The molecule has 0 unspecified atom stereocenters. The first-order chi connectivity index (χ1) is 10.1. The summed E-state index contributed by atoms with van der Waals surface area (Å²) in [5.41, 5.74) is 9.28. The molecule has 0 fully saturated rings. The third kappa shape index (κ3) is 2.54. The number of anilines is 1. The van der Waals surface area contributed by atoms with Gasteiger partial charge in [-0.1, -0.05) is 25.4 Å². The number of fused-ring (bicyclic) bond motifs is 1. The number of rotatable bonds is 4. The molecule has 0 aliphatic rings. The fraction of sp³-hybridized carbons (Fsp3) is 0.312. The predicted molar refractivity (Wildman–Crippen MR) is 92.1 cm³/mol. The number of benzene rings is 1. The quantitative estimate of drug-likeness (QED) is 0.737. The number of hydrogen-bond donors (Lipinski definition) is 1. The fourth-order valence-corrected chi connectivity index (χ4v) is 3.59. The van der Waals surface area contributed by atoms with Crippen molar-refractivity contribution in [3.63, 3.8) is 0 Å². The van der Waals surface area contributed by atoms with Crippen LogP contribution in [0.2, 0.25) is 5.02 Å². The van der Waals surface area contributed by atoms with Crippen LogP contribution in [0, 0.1) is 0 Å². The molecule has 21 heavy (non-hydrogen) atoms. The molecule has 0 saturated heterocycles. The Morgan fingerprint density at radius 3 is 2.76 bits per heavy atom. The van der Waals surface area contributed by atoms with Crippen LogP contribution in [0.4, 0.5) is 5.00 Å². The molecule has 2 heterocycles. The summed E-state index contributed by atoms with van der Waals surface area (Å²) in [6, 6.07) is 7.99. The van der Waals surface area contributed by atoms with Crippen LogP contribution in [-0.4, -0.2) is 9.55 Å². The molecule has 2 N–H and O–H groups in total. The van der Waals surface area contributed by atoms with Gasteiger partial charge in [0, 0.05) is 16.4 Å². The first-order valence-electron chi connectivity index (χ1n) is 7.18. The highest BCUT2D eigenvalue weighted by Gasteiger charge is 2.16. The summed E-state index contributed by atoms with van der Waals surface area (Å²) in [6.07, 6.45) is 2.03. The zero-order valence-corrected chi connectivity index (χ0v) is 13.8. The highest BCUT2D eigenvalue weighted by atomic mass is 35.5. The highest BCUT2D eigenvalue weighted by Crippen LogP contribution is 2.36. The summed E-state index contributed by atoms with van der Waals surface area (Å²) in [5, 5.41) is 1.57. The van der Waals surface area contributed by atoms with Crippen LogP contribution in [0.5, 0.6) is 0 Å². The molecule has 0 aliphatic carbocycles. The van der Waals surface area contributed by atoms with Crippen LogP contribution in [-0.2, 0) is 13.0 Å². The van der Waals surface area contributed by atoms with Gasteiger partial charge in [-0.2, -0.15) is 0 Å². The second kappa shape index (κ2) is 5.70. The third-order valence-electron chi connectivity index (χ3n) is 3.56. The van der Waals surface area contributed by atoms with Gasteiger partial charge in [0.05, 0.1) is 21.6 Å². The zero-order chi connectivity index (χ0) is 15.0. The van der Waals surface area contributed by atoms with Crippen molar-refractivity contribution in [2.75, 3.05) is 5.73 Å². The lowest BCUT2D eigenvalue weighted by Gasteiger charge is -2.07. The van der Waals surface area contributed by atoms with Crippen LogP contribution in [0.15, 0.2) is 24.3 Å². The van der Waals surface area contributed by atoms with Gasteiger partial charge in [0.25, 0.3) is 0 Å². The van der Waals surface area contributed by atoms with Gasteiger partial charge in [0.1, 0.15) is 5.82 Å². The molecule has 5 heteroatoms. The second-order valence-corrected chi connectivity index (χ2v) is 6.67. The number of halogens is 1. The van der Waals surface area contributed by atoms with E-state index in [1.807, 2.05) is 18.2 Å². The van der Waals surface area contributed by atoms with E-state index in [2.05, 4.69) is 24.5 Å². The summed E-state index contributed by atoms with van der Waals surface area (Å²) in [4.78, 5) is 6.07. The highest BCUT2D eigenvalue weighted by molar-refractivity contribution is 7.16. The van der Waals surface area contributed by atoms with Crippen molar-refractivity contribution in [3.8, 4) is 11.4 Å². The number of thiophene rings is 1. The number of nitrogens with zero attached hydrogens (tertiary/aromatic N) is 2. The van der Waals surface area contributed by atoms with Gasteiger partial charge in [-0.15, -0.1) is 11.3 Å². The van der Waals surface area contributed by atoms with E-state index in [4.69, 9.17) is 22.3 Å². The Kier molecular flexibility index (Phi) is 3.91. The molecule has 3 aromatic rings. The lowest BCUT2D eigenvalue weighted by molar-refractivity contribution is 0.704. The van der Waals surface area contributed by atoms with Crippen LogP contribution in [0.25, 0.3) is 22.4 Å². The van der Waals surface area contributed by atoms with E-state index in [9.17, 15) is 0 Å². The number of nitrogens with two attached hydrogens (primary N) is 1. The summed E-state index contributed by atoms with van der Waals surface area (Å²) in [6.45, 7) is 5.21. The Bertz CT molecular complexity index is 788. The third-order valence-corrected chi connectivity index (χ3v) is 4.90. The van der Waals surface area contributed by atoms with Crippen molar-refractivity contribution in [3.05, 3.63) is 34.2 Å². The summed E-state index contributed by atoms with van der Waals surface area (Å²) in [7, 11) is 0. The van der Waals surface area contributed by atoms with E-state index in [1.54, 1.807) is 11.3 Å². The molecule has 0 amide bonds. The molecule has 0 bridgehead atoms. The average molecular weight is 320 g/mol. The minimum absolute atomic E-state index is 0.735. The Morgan fingerprint density at radius 1 is 1.29 bits per heavy atom. The minimum Gasteiger partial charge on any atom is -0.390 e. The van der Waals surface area contributed by atoms with Crippen LogP contribution >= 0.6 is 22.9 Å². The molecule has 0 saturated carbocycles. The fourth-order valence-electron chi connectivity index (χ4n) is 2.56. The lowest BCUT2D eigenvalue weighted by Crippen LogP contribution is -2.00. The second-order valence-electron chi connectivity index (χ2n) is 5.06. The molecule has 0 atom stereocenters. The summed E-state index contributed by atoms with van der Waals surface area (Å²) in [5.74, 6) is 0.947. The maximum absolute atomic E-state index is 6.20. The van der Waals surface area contributed by atoms with E-state index >= 15 is 0 Å². The molecule has 1 aromatic carbocycles. The molecular formula is C16H18ClN3S. The Morgan fingerprint density at radius 2 is 2.10 bits per heavy atom. The molecule has 110 valence electrons. The zero-order valence-electron chi connectivity index (χ0n) is 12.2. The maximum atomic E-state index is 6.20. The van der Waals surface area contributed by atoms with Gasteiger partial charge >= 0.3 is 0 Å². The monoisotopic (exact) mass is 319 g/mol. The van der Waals surface area contributed by atoms with Gasteiger partial charge in [0.2, 0.25) is 0 Å². The summed E-state index contributed by atoms with van der Waals surface area (Å²) >= 11 is 7.79. The normalized spacial score (nSPS) is 11.4. The van der Waals surface area contributed by atoms with Gasteiger partial charge in [0.15, 0.2) is 0 Å².